The van der Waals surface area contributed by atoms with Crippen LogP contribution >= 0.6 is 0 Å². The summed E-state index contributed by atoms with van der Waals surface area (Å²) in [5.74, 6) is 0. The summed E-state index contributed by atoms with van der Waals surface area (Å²) in [4.78, 5) is 0. The lowest BCUT2D eigenvalue weighted by atomic mass is 9.96. The molecule has 0 aliphatic carbocycles. The molecule has 2 aliphatic rings. The Morgan fingerprint density at radius 3 is 2.00 bits per heavy atom. The monoisotopic (exact) mass is 386 g/mol. The van der Waals surface area contributed by atoms with Gasteiger partial charge in [-0.25, -0.2) is 0 Å². The number of hydrogen-bond acceptors (Lipinski definition) is 4. The molecule has 2 rings (SSSR count). The molecule has 2 saturated heterocycles. The summed E-state index contributed by atoms with van der Waals surface area (Å²) >= 11 is 0. The molecule has 25 heavy (non-hydrogen) atoms. The van der Waals surface area contributed by atoms with Crippen molar-refractivity contribution in [1.29, 1.82) is 0 Å². The minimum Gasteiger partial charge on any atom is -0.421 e. The van der Waals surface area contributed by atoms with Crippen LogP contribution in [0.25, 0.3) is 0 Å². The number of rotatable bonds is 12. The molecule has 2 fully saturated rings. The van der Waals surface area contributed by atoms with E-state index in [4.69, 9.17) is 18.3 Å². The van der Waals surface area contributed by atoms with Crippen molar-refractivity contribution in [2.45, 2.75) is 81.6 Å². The summed E-state index contributed by atoms with van der Waals surface area (Å²) < 4.78 is 25.5. The first-order valence-electron chi connectivity index (χ1n) is 10.3. The topological polar surface area (TPSA) is 36.9 Å². The van der Waals surface area contributed by atoms with Gasteiger partial charge in [-0.2, -0.15) is 0 Å². The van der Waals surface area contributed by atoms with Crippen LogP contribution in [0.4, 0.5) is 0 Å². The SMILES string of the molecule is C=CCCO[SiH2]C1(C2([SiH2]OCCCCC)CCCCO2)CCCCO1. The summed E-state index contributed by atoms with van der Waals surface area (Å²) in [5, 5.41) is -0.317. The summed E-state index contributed by atoms with van der Waals surface area (Å²) in [6.07, 6.45) is 13.5. The van der Waals surface area contributed by atoms with E-state index in [1.165, 1.54) is 38.5 Å². The minimum atomic E-state index is -0.847. The third-order valence-electron chi connectivity index (χ3n) is 5.57. The first-order chi connectivity index (χ1) is 12.3. The van der Waals surface area contributed by atoms with Gasteiger partial charge in [0.05, 0.1) is 0 Å². The van der Waals surface area contributed by atoms with Gasteiger partial charge in [0.2, 0.25) is 0 Å². The van der Waals surface area contributed by atoms with Crippen LogP contribution in [0.3, 0.4) is 0 Å². The Morgan fingerprint density at radius 1 is 0.920 bits per heavy atom. The van der Waals surface area contributed by atoms with E-state index in [0.717, 1.165) is 52.1 Å². The fourth-order valence-corrected chi connectivity index (χ4v) is 8.27. The van der Waals surface area contributed by atoms with Crippen LogP contribution in [0.5, 0.6) is 0 Å². The molecule has 0 amide bonds. The summed E-state index contributed by atoms with van der Waals surface area (Å²) in [5.41, 5.74) is 0. The highest BCUT2D eigenvalue weighted by atomic mass is 28.2. The van der Waals surface area contributed by atoms with E-state index in [9.17, 15) is 0 Å². The Kier molecular flexibility index (Phi) is 9.95. The molecule has 6 heteroatoms. The van der Waals surface area contributed by atoms with Crippen molar-refractivity contribution in [2.24, 2.45) is 0 Å². The van der Waals surface area contributed by atoms with Crippen molar-refractivity contribution in [1.82, 2.24) is 0 Å². The lowest BCUT2D eigenvalue weighted by Gasteiger charge is -2.52. The van der Waals surface area contributed by atoms with Crippen molar-refractivity contribution in [3.8, 4) is 0 Å². The molecule has 0 saturated carbocycles. The molecule has 2 aliphatic heterocycles. The van der Waals surface area contributed by atoms with Crippen LogP contribution in [0.2, 0.25) is 0 Å². The quantitative estimate of drug-likeness (QED) is 0.294. The molecule has 0 bridgehead atoms. The van der Waals surface area contributed by atoms with Gasteiger partial charge in [-0.3, -0.25) is 0 Å². The number of hydrogen-bond donors (Lipinski definition) is 0. The second-order valence-corrected chi connectivity index (χ2v) is 11.2. The van der Waals surface area contributed by atoms with Crippen LogP contribution in [0.1, 0.15) is 71.1 Å². The zero-order chi connectivity index (χ0) is 17.8. The second kappa shape index (κ2) is 11.7. The molecule has 0 aromatic rings. The standard InChI is InChI=1S/C19H38O4Si2/c1-3-5-9-17-23-25-19(13-8-11-15-21-19)18(12-7-10-14-20-18)24-22-16-6-4-2/h4H,2-3,5-17,24-25H2,1H3. The average molecular weight is 387 g/mol. The number of unbranched alkanes of at least 4 members (excludes halogenated alkanes) is 2. The van der Waals surface area contributed by atoms with Gasteiger partial charge in [-0.1, -0.05) is 25.8 Å². The maximum atomic E-state index is 6.52. The van der Waals surface area contributed by atoms with Crippen molar-refractivity contribution in [2.75, 3.05) is 26.4 Å². The molecule has 0 aromatic heterocycles. The molecule has 4 nitrogen and oxygen atoms in total. The van der Waals surface area contributed by atoms with Gasteiger partial charge in [-0.05, 0) is 51.4 Å². The van der Waals surface area contributed by atoms with Crippen molar-refractivity contribution in [3.63, 3.8) is 0 Å². The average Bonchev–Trinajstić information content (AvgIpc) is 2.66. The lowest BCUT2D eigenvalue weighted by Crippen LogP contribution is -2.67. The third-order valence-corrected chi connectivity index (χ3v) is 10.4. The van der Waals surface area contributed by atoms with E-state index < -0.39 is 19.5 Å². The Morgan fingerprint density at radius 2 is 1.52 bits per heavy atom. The van der Waals surface area contributed by atoms with Crippen LogP contribution in [-0.4, -0.2) is 56.4 Å². The highest BCUT2D eigenvalue weighted by Gasteiger charge is 2.56. The molecule has 146 valence electrons. The molecule has 0 N–H and O–H groups in total. The highest BCUT2D eigenvalue weighted by molar-refractivity contribution is 6.41. The van der Waals surface area contributed by atoms with Gasteiger partial charge in [0, 0.05) is 26.4 Å². The Bertz CT molecular complexity index is 366. The molecular weight excluding hydrogens is 348 g/mol. The van der Waals surface area contributed by atoms with E-state index in [2.05, 4.69) is 13.5 Å². The maximum absolute atomic E-state index is 6.52. The fourth-order valence-electron chi connectivity index (χ4n) is 4.01. The lowest BCUT2D eigenvalue weighted by molar-refractivity contribution is -0.170. The molecule has 2 atom stereocenters. The van der Waals surface area contributed by atoms with Crippen LogP contribution in [-0.2, 0) is 18.3 Å². The van der Waals surface area contributed by atoms with E-state index in [1.54, 1.807) is 0 Å². The van der Waals surface area contributed by atoms with Crippen molar-refractivity contribution < 1.29 is 18.3 Å². The Balaban J connectivity index is 2.04. The van der Waals surface area contributed by atoms with Gasteiger partial charge in [-0.15, -0.1) is 6.58 Å². The maximum Gasteiger partial charge on any atom is 0.197 e. The van der Waals surface area contributed by atoms with Crippen molar-refractivity contribution >= 4 is 19.5 Å². The highest BCUT2D eigenvalue weighted by Crippen LogP contribution is 2.42. The van der Waals surface area contributed by atoms with E-state index in [1.807, 2.05) is 6.08 Å². The van der Waals surface area contributed by atoms with E-state index in [-0.39, 0.29) is 10.4 Å². The minimum absolute atomic E-state index is 0.154. The molecular formula is C19H38O4Si2. The Hall–Kier alpha value is 0.0138. The first kappa shape index (κ1) is 21.3. The summed E-state index contributed by atoms with van der Waals surface area (Å²) in [7, 11) is -1.67. The summed E-state index contributed by atoms with van der Waals surface area (Å²) in [6.45, 7) is 9.41. The normalized spacial score (nSPS) is 31.2. The molecule has 0 aromatic carbocycles. The summed E-state index contributed by atoms with van der Waals surface area (Å²) in [6, 6.07) is 0. The first-order valence-corrected chi connectivity index (χ1v) is 12.9. The predicted octanol–water partition coefficient (Wildman–Crippen LogP) is 2.75. The molecule has 0 radical (unpaired) electrons. The van der Waals surface area contributed by atoms with E-state index in [0.29, 0.717) is 0 Å². The molecule has 2 unspecified atom stereocenters. The predicted molar refractivity (Wildman–Crippen MR) is 108 cm³/mol. The van der Waals surface area contributed by atoms with Gasteiger partial charge >= 0.3 is 0 Å². The zero-order valence-corrected chi connectivity index (χ0v) is 19.1. The molecule has 2 heterocycles. The largest absolute Gasteiger partial charge is 0.421 e. The van der Waals surface area contributed by atoms with Gasteiger partial charge in [0.15, 0.2) is 19.5 Å². The van der Waals surface area contributed by atoms with Gasteiger partial charge < -0.3 is 18.3 Å². The van der Waals surface area contributed by atoms with Crippen LogP contribution in [0, 0.1) is 0 Å². The van der Waals surface area contributed by atoms with E-state index >= 15 is 0 Å². The van der Waals surface area contributed by atoms with Gasteiger partial charge in [0.25, 0.3) is 0 Å². The van der Waals surface area contributed by atoms with Crippen LogP contribution in [0.15, 0.2) is 12.7 Å². The third kappa shape index (κ3) is 6.01. The number of ether oxygens (including phenoxy) is 2. The second-order valence-electron chi connectivity index (χ2n) is 7.49. The van der Waals surface area contributed by atoms with Crippen LogP contribution < -0.4 is 0 Å². The molecule has 0 spiro atoms. The fraction of sp³-hybridized carbons (Fsp3) is 0.895. The Labute approximate surface area is 158 Å². The van der Waals surface area contributed by atoms with Crippen molar-refractivity contribution in [3.05, 3.63) is 12.7 Å². The van der Waals surface area contributed by atoms with Gasteiger partial charge in [0.1, 0.15) is 10.4 Å². The smallest absolute Gasteiger partial charge is 0.197 e. The zero-order valence-electron chi connectivity index (χ0n) is 16.2.